The van der Waals surface area contributed by atoms with Crippen LogP contribution in [0.4, 0.5) is 11.4 Å². The maximum atomic E-state index is 11.6. The molecule has 1 aromatic rings. The number of nitro benzene ring substituents is 1. The molecule has 1 aromatic carbocycles. The second-order valence-corrected chi connectivity index (χ2v) is 5.10. The first-order valence-electron chi connectivity index (χ1n) is 6.07. The number of carbonyl (C=O) groups excluding carboxylic acids is 1. The normalized spacial score (nSPS) is 19.4. The summed E-state index contributed by atoms with van der Waals surface area (Å²) < 4.78 is 10.5. The van der Waals surface area contributed by atoms with E-state index in [2.05, 4.69) is 5.32 Å². The molecule has 21 heavy (non-hydrogen) atoms. The van der Waals surface area contributed by atoms with Crippen molar-refractivity contribution in [3.63, 3.8) is 0 Å². The fraction of sp³-hybridized carbons (Fsp3) is 0.417. The van der Waals surface area contributed by atoms with Gasteiger partial charge in [0.15, 0.2) is 11.4 Å². The predicted molar refractivity (Wildman–Crippen MR) is 77.1 cm³/mol. The van der Waals surface area contributed by atoms with E-state index in [0.717, 1.165) is 0 Å². The smallest absolute Gasteiger partial charge is 0.311 e. The van der Waals surface area contributed by atoms with Crippen molar-refractivity contribution < 1.29 is 19.2 Å². The third-order valence-corrected chi connectivity index (χ3v) is 3.50. The fourth-order valence-electron chi connectivity index (χ4n) is 2.02. The molecule has 1 aliphatic rings. The lowest BCUT2D eigenvalue weighted by Crippen LogP contribution is -2.44. The number of ether oxygens (including phenoxy) is 2. The van der Waals surface area contributed by atoms with Crippen molar-refractivity contribution in [3.8, 4) is 5.75 Å². The zero-order chi connectivity index (χ0) is 15.6. The summed E-state index contributed by atoms with van der Waals surface area (Å²) in [7, 11) is 0. The van der Waals surface area contributed by atoms with Gasteiger partial charge < -0.3 is 14.8 Å². The monoisotopic (exact) mass is 334 g/mol. The first-order chi connectivity index (χ1) is 9.90. The highest BCUT2D eigenvalue weighted by molar-refractivity contribution is 6.31. The van der Waals surface area contributed by atoms with E-state index < -0.39 is 16.6 Å². The fourth-order valence-corrected chi connectivity index (χ4v) is 2.43. The number of nitrogens with zero attached hydrogens (tertiary/aromatic N) is 1. The van der Waals surface area contributed by atoms with Gasteiger partial charge >= 0.3 is 5.97 Å². The van der Waals surface area contributed by atoms with Crippen molar-refractivity contribution in [1.29, 1.82) is 0 Å². The lowest BCUT2D eigenvalue weighted by Gasteiger charge is -2.25. The van der Waals surface area contributed by atoms with Crippen molar-refractivity contribution in [3.05, 3.63) is 27.3 Å². The summed E-state index contributed by atoms with van der Waals surface area (Å²) in [5, 5.41) is 14.0. The minimum absolute atomic E-state index is 0.102. The van der Waals surface area contributed by atoms with E-state index in [-0.39, 0.29) is 41.1 Å². The summed E-state index contributed by atoms with van der Waals surface area (Å²) in [6, 6.07) is 2.63. The van der Waals surface area contributed by atoms with Gasteiger partial charge in [0, 0.05) is 12.1 Å². The Kier molecular flexibility index (Phi) is 4.43. The first-order valence-corrected chi connectivity index (χ1v) is 6.99. The highest BCUT2D eigenvalue weighted by Crippen LogP contribution is 2.46. The maximum Gasteiger partial charge on any atom is 0.311 e. The van der Waals surface area contributed by atoms with Crippen LogP contribution in [0.1, 0.15) is 13.3 Å². The molecule has 114 valence electrons. The van der Waals surface area contributed by atoms with Crippen LogP contribution in [0.15, 0.2) is 12.1 Å². The molecule has 1 heterocycles. The SMILES string of the molecule is CCOC(=O)CC1(CCl)Nc2c(cc(Cl)cc2[N+](=O)[O-])O1. The standard InChI is InChI=1S/C12H12Cl2N2O5/c1-2-20-10(17)5-12(6-13)15-11-8(16(18)19)3-7(14)4-9(11)21-12/h3-4,15H,2,5-6H2,1H3. The second-order valence-electron chi connectivity index (χ2n) is 4.39. The van der Waals surface area contributed by atoms with Gasteiger partial charge in [-0.1, -0.05) is 11.6 Å². The Morgan fingerprint density at radius 3 is 2.86 bits per heavy atom. The Morgan fingerprint density at radius 1 is 1.57 bits per heavy atom. The largest absolute Gasteiger partial charge is 0.466 e. The number of anilines is 1. The molecule has 1 N–H and O–H groups in total. The summed E-state index contributed by atoms with van der Waals surface area (Å²) in [4.78, 5) is 22.1. The van der Waals surface area contributed by atoms with E-state index in [4.69, 9.17) is 32.7 Å². The summed E-state index contributed by atoms with van der Waals surface area (Å²) in [5.41, 5.74) is -1.38. The zero-order valence-corrected chi connectivity index (χ0v) is 12.5. The van der Waals surface area contributed by atoms with Crippen LogP contribution in [0, 0.1) is 10.1 Å². The van der Waals surface area contributed by atoms with Crippen LogP contribution in [0.5, 0.6) is 5.75 Å². The molecule has 1 unspecified atom stereocenters. The van der Waals surface area contributed by atoms with Crippen LogP contribution in [0.2, 0.25) is 5.02 Å². The van der Waals surface area contributed by atoms with Gasteiger partial charge in [0.1, 0.15) is 6.42 Å². The summed E-state index contributed by atoms with van der Waals surface area (Å²) in [6.45, 7) is 1.89. The van der Waals surface area contributed by atoms with Crippen molar-refractivity contribution in [2.75, 3.05) is 17.8 Å². The number of benzene rings is 1. The number of fused-ring (bicyclic) bond motifs is 1. The molecule has 7 nitrogen and oxygen atoms in total. The van der Waals surface area contributed by atoms with Crippen molar-refractivity contribution in [1.82, 2.24) is 0 Å². The van der Waals surface area contributed by atoms with E-state index in [9.17, 15) is 14.9 Å². The highest BCUT2D eigenvalue weighted by atomic mass is 35.5. The molecule has 0 saturated carbocycles. The number of halogens is 2. The number of esters is 1. The molecule has 2 rings (SSSR count). The Labute approximate surface area is 130 Å². The van der Waals surface area contributed by atoms with E-state index >= 15 is 0 Å². The lowest BCUT2D eigenvalue weighted by molar-refractivity contribution is -0.383. The highest BCUT2D eigenvalue weighted by Gasteiger charge is 2.44. The van der Waals surface area contributed by atoms with E-state index in [1.807, 2.05) is 0 Å². The van der Waals surface area contributed by atoms with Crippen LogP contribution in [0.3, 0.4) is 0 Å². The predicted octanol–water partition coefficient (Wildman–Crippen LogP) is 2.94. The molecule has 0 saturated heterocycles. The Bertz CT molecular complexity index is 595. The van der Waals surface area contributed by atoms with Crippen LogP contribution in [-0.2, 0) is 9.53 Å². The average Bonchev–Trinajstić information content (AvgIpc) is 2.76. The van der Waals surface area contributed by atoms with Crippen LogP contribution in [-0.4, -0.2) is 29.1 Å². The molecule has 0 aliphatic carbocycles. The quantitative estimate of drug-likeness (QED) is 0.385. The molecular formula is C12H12Cl2N2O5. The van der Waals surface area contributed by atoms with E-state index in [0.29, 0.717) is 0 Å². The molecule has 0 spiro atoms. The maximum absolute atomic E-state index is 11.6. The molecule has 0 amide bonds. The topological polar surface area (TPSA) is 90.7 Å². The number of nitro groups is 1. The molecule has 1 atom stereocenters. The Balaban J connectivity index is 2.33. The molecule has 0 aromatic heterocycles. The van der Waals surface area contributed by atoms with Gasteiger partial charge in [-0.3, -0.25) is 14.9 Å². The number of hydrogen-bond donors (Lipinski definition) is 1. The number of alkyl halides is 1. The van der Waals surface area contributed by atoms with E-state index in [1.54, 1.807) is 6.92 Å². The molecule has 1 aliphatic heterocycles. The summed E-state index contributed by atoms with van der Waals surface area (Å²) in [5.74, 6) is -0.443. The van der Waals surface area contributed by atoms with Crippen molar-refractivity contribution in [2.45, 2.75) is 19.1 Å². The van der Waals surface area contributed by atoms with Crippen LogP contribution in [0.25, 0.3) is 0 Å². The number of hydrogen-bond acceptors (Lipinski definition) is 6. The third kappa shape index (κ3) is 3.14. The minimum atomic E-state index is -1.29. The Hall–Kier alpha value is -1.73. The summed E-state index contributed by atoms with van der Waals surface area (Å²) in [6.07, 6.45) is -0.187. The summed E-state index contributed by atoms with van der Waals surface area (Å²) >= 11 is 11.7. The van der Waals surface area contributed by atoms with Gasteiger partial charge in [0.2, 0.25) is 5.72 Å². The molecule has 9 heteroatoms. The van der Waals surface area contributed by atoms with Gasteiger partial charge in [-0.2, -0.15) is 0 Å². The van der Waals surface area contributed by atoms with Gasteiger partial charge in [0.05, 0.1) is 22.4 Å². The second kappa shape index (κ2) is 5.95. The number of rotatable bonds is 5. The van der Waals surface area contributed by atoms with E-state index in [1.165, 1.54) is 12.1 Å². The molecule has 0 bridgehead atoms. The van der Waals surface area contributed by atoms with Crippen LogP contribution < -0.4 is 10.1 Å². The lowest BCUT2D eigenvalue weighted by atomic mass is 10.1. The van der Waals surface area contributed by atoms with Gasteiger partial charge in [-0.25, -0.2) is 0 Å². The minimum Gasteiger partial charge on any atom is -0.466 e. The number of nitrogens with one attached hydrogen (secondary N) is 1. The molecule has 0 radical (unpaired) electrons. The first kappa shape index (κ1) is 15.7. The third-order valence-electron chi connectivity index (χ3n) is 2.85. The average molecular weight is 335 g/mol. The Morgan fingerprint density at radius 2 is 2.29 bits per heavy atom. The van der Waals surface area contributed by atoms with Gasteiger partial charge in [0.25, 0.3) is 5.69 Å². The van der Waals surface area contributed by atoms with Crippen molar-refractivity contribution in [2.24, 2.45) is 0 Å². The van der Waals surface area contributed by atoms with Crippen molar-refractivity contribution >= 4 is 40.5 Å². The molecule has 0 fully saturated rings. The van der Waals surface area contributed by atoms with Gasteiger partial charge in [-0.05, 0) is 6.92 Å². The van der Waals surface area contributed by atoms with Gasteiger partial charge in [-0.15, -0.1) is 11.6 Å². The van der Waals surface area contributed by atoms with Crippen LogP contribution >= 0.6 is 23.2 Å². The molecular weight excluding hydrogens is 323 g/mol. The number of carbonyl (C=O) groups is 1. The zero-order valence-electron chi connectivity index (χ0n) is 11.0.